The van der Waals surface area contributed by atoms with Gasteiger partial charge in [-0.05, 0) is 25.5 Å². The molecule has 1 saturated heterocycles. The summed E-state index contributed by atoms with van der Waals surface area (Å²) in [5.41, 5.74) is -0.164. The van der Waals surface area contributed by atoms with Gasteiger partial charge in [0.2, 0.25) is 0 Å². The summed E-state index contributed by atoms with van der Waals surface area (Å²) in [5.74, 6) is -0.199. The van der Waals surface area contributed by atoms with E-state index >= 15 is 0 Å². The van der Waals surface area contributed by atoms with Gasteiger partial charge in [0.1, 0.15) is 22.6 Å². The predicted molar refractivity (Wildman–Crippen MR) is 87.7 cm³/mol. The Morgan fingerprint density at radius 1 is 1.28 bits per heavy atom. The normalized spacial score (nSPS) is 19.9. The van der Waals surface area contributed by atoms with Crippen molar-refractivity contribution in [3.63, 3.8) is 0 Å². The van der Waals surface area contributed by atoms with Crippen molar-refractivity contribution in [2.45, 2.75) is 25.9 Å². The highest BCUT2D eigenvalue weighted by Gasteiger charge is 2.49. The molecule has 7 nitrogen and oxygen atoms in total. The predicted octanol–water partition coefficient (Wildman–Crippen LogP) is 2.34. The van der Waals surface area contributed by atoms with Crippen LogP contribution in [0, 0.1) is 6.92 Å². The van der Waals surface area contributed by atoms with Crippen LogP contribution < -0.4 is 5.32 Å². The van der Waals surface area contributed by atoms with E-state index in [0.717, 1.165) is 4.90 Å². The van der Waals surface area contributed by atoms with Crippen molar-refractivity contribution in [2.75, 3.05) is 7.11 Å². The maximum atomic E-state index is 12.8. The fourth-order valence-electron chi connectivity index (χ4n) is 2.90. The molecule has 1 fully saturated rings. The Kier molecular flexibility index (Phi) is 4.08. The molecule has 0 radical (unpaired) electrons. The Morgan fingerprint density at radius 3 is 2.60 bits per heavy atom. The molecule has 1 aromatic carbocycles. The summed E-state index contributed by atoms with van der Waals surface area (Å²) in [5, 5.41) is 2.73. The van der Waals surface area contributed by atoms with E-state index < -0.39 is 17.5 Å². The van der Waals surface area contributed by atoms with E-state index in [9.17, 15) is 14.4 Å². The molecule has 2 aromatic rings. The number of aryl methyl sites for hydroxylation is 1. The molecule has 3 rings (SSSR count). The van der Waals surface area contributed by atoms with Crippen molar-refractivity contribution >= 4 is 17.9 Å². The maximum Gasteiger partial charge on any atom is 0.341 e. The number of ether oxygens (including phenoxy) is 1. The third-order valence-electron chi connectivity index (χ3n) is 4.31. The van der Waals surface area contributed by atoms with E-state index in [-0.39, 0.29) is 18.0 Å². The maximum absolute atomic E-state index is 12.8. The van der Waals surface area contributed by atoms with Crippen LogP contribution in [0.2, 0.25) is 0 Å². The second kappa shape index (κ2) is 6.08. The van der Waals surface area contributed by atoms with Gasteiger partial charge >= 0.3 is 12.0 Å². The number of hydrogen-bond acceptors (Lipinski definition) is 5. The first-order valence-electron chi connectivity index (χ1n) is 7.74. The van der Waals surface area contributed by atoms with Crippen LogP contribution in [0.3, 0.4) is 0 Å². The zero-order valence-corrected chi connectivity index (χ0v) is 14.2. The van der Waals surface area contributed by atoms with Crippen LogP contribution in [-0.4, -0.2) is 29.9 Å². The van der Waals surface area contributed by atoms with Crippen molar-refractivity contribution in [3.05, 3.63) is 59.0 Å². The van der Waals surface area contributed by atoms with Gasteiger partial charge in [0.05, 0.1) is 13.7 Å². The minimum Gasteiger partial charge on any atom is -0.465 e. The molecule has 1 N–H and O–H groups in total. The number of rotatable bonds is 4. The second-order valence-electron chi connectivity index (χ2n) is 5.99. The number of methoxy groups -OCH3 is 1. The summed E-state index contributed by atoms with van der Waals surface area (Å²) < 4.78 is 10.2. The van der Waals surface area contributed by atoms with E-state index in [0.29, 0.717) is 17.1 Å². The first-order valence-corrected chi connectivity index (χ1v) is 7.74. The van der Waals surface area contributed by atoms with Gasteiger partial charge < -0.3 is 14.5 Å². The second-order valence-corrected chi connectivity index (χ2v) is 5.99. The van der Waals surface area contributed by atoms with E-state index in [4.69, 9.17) is 4.42 Å². The molecule has 130 valence electrons. The number of urea groups is 1. The zero-order valence-electron chi connectivity index (χ0n) is 14.2. The number of furan rings is 1. The molecule has 1 unspecified atom stereocenters. The minimum atomic E-state index is -1.13. The van der Waals surface area contributed by atoms with Gasteiger partial charge in [0, 0.05) is 0 Å². The van der Waals surface area contributed by atoms with Gasteiger partial charge in [0.15, 0.2) is 0 Å². The number of carbonyl (C=O) groups excluding carboxylic acids is 3. The molecule has 2 heterocycles. The molecule has 0 aliphatic carbocycles. The van der Waals surface area contributed by atoms with Crippen LogP contribution in [-0.2, 0) is 21.6 Å². The number of nitrogens with one attached hydrogen (secondary N) is 1. The SMILES string of the molecule is COC(=O)c1cc(CN2C(=O)NC(C)(c3ccccc3)C2=O)oc1C. The number of benzene rings is 1. The molecular weight excluding hydrogens is 324 g/mol. The molecule has 3 amide bonds. The third-order valence-corrected chi connectivity index (χ3v) is 4.31. The summed E-state index contributed by atoms with van der Waals surface area (Å²) in [7, 11) is 1.27. The number of esters is 1. The molecule has 7 heteroatoms. The van der Waals surface area contributed by atoms with E-state index in [1.54, 1.807) is 38.1 Å². The Labute approximate surface area is 144 Å². The fraction of sp³-hybridized carbons (Fsp3) is 0.278. The van der Waals surface area contributed by atoms with Gasteiger partial charge in [-0.1, -0.05) is 30.3 Å². The topological polar surface area (TPSA) is 88.9 Å². The van der Waals surface area contributed by atoms with Gasteiger partial charge in [-0.3, -0.25) is 9.69 Å². The lowest BCUT2D eigenvalue weighted by Crippen LogP contribution is -2.40. The number of imide groups is 1. The Balaban J connectivity index is 1.86. The Morgan fingerprint density at radius 2 is 1.96 bits per heavy atom. The standard InChI is InChI=1S/C18H18N2O5/c1-11-14(15(21)24-3)9-13(25-11)10-20-16(22)18(2,19-17(20)23)12-7-5-4-6-8-12/h4-9H,10H2,1-3H3,(H,19,23). The summed E-state index contributed by atoms with van der Waals surface area (Å²) in [6.45, 7) is 3.22. The summed E-state index contributed by atoms with van der Waals surface area (Å²) in [6.07, 6.45) is 0. The molecule has 0 spiro atoms. The monoisotopic (exact) mass is 342 g/mol. The summed E-state index contributed by atoms with van der Waals surface area (Å²) in [4.78, 5) is 37.9. The summed E-state index contributed by atoms with van der Waals surface area (Å²) >= 11 is 0. The molecule has 1 aliphatic rings. The van der Waals surface area contributed by atoms with E-state index in [2.05, 4.69) is 10.1 Å². The van der Waals surface area contributed by atoms with Gasteiger partial charge in [-0.2, -0.15) is 0 Å². The molecule has 25 heavy (non-hydrogen) atoms. The fourth-order valence-corrected chi connectivity index (χ4v) is 2.90. The molecular formula is C18H18N2O5. The van der Waals surface area contributed by atoms with Crippen molar-refractivity contribution < 1.29 is 23.5 Å². The number of amides is 3. The first-order chi connectivity index (χ1) is 11.9. The zero-order chi connectivity index (χ0) is 18.2. The number of hydrogen-bond donors (Lipinski definition) is 1. The van der Waals surface area contributed by atoms with Gasteiger partial charge in [-0.25, -0.2) is 9.59 Å². The smallest absolute Gasteiger partial charge is 0.341 e. The molecule has 1 aliphatic heterocycles. The van der Waals surface area contributed by atoms with Crippen LogP contribution in [0.4, 0.5) is 4.79 Å². The summed E-state index contributed by atoms with van der Waals surface area (Å²) in [6, 6.07) is 10.0. The van der Waals surface area contributed by atoms with Crippen LogP contribution in [0.25, 0.3) is 0 Å². The highest BCUT2D eigenvalue weighted by Crippen LogP contribution is 2.30. The van der Waals surface area contributed by atoms with Crippen molar-refractivity contribution in [1.82, 2.24) is 10.2 Å². The average Bonchev–Trinajstić information content (AvgIpc) is 3.08. The quantitative estimate of drug-likeness (QED) is 0.680. The minimum absolute atomic E-state index is 0.0646. The first kappa shape index (κ1) is 16.8. The molecule has 0 bridgehead atoms. The van der Waals surface area contributed by atoms with E-state index in [1.807, 2.05) is 6.07 Å². The van der Waals surface area contributed by atoms with Crippen LogP contribution in [0.15, 0.2) is 40.8 Å². The molecule has 1 atom stereocenters. The Hall–Kier alpha value is -3.09. The molecule has 0 saturated carbocycles. The third kappa shape index (κ3) is 2.77. The number of nitrogens with zero attached hydrogens (tertiary/aromatic N) is 1. The average molecular weight is 342 g/mol. The van der Waals surface area contributed by atoms with Gasteiger partial charge in [-0.15, -0.1) is 0 Å². The van der Waals surface area contributed by atoms with Crippen LogP contribution >= 0.6 is 0 Å². The molecule has 1 aromatic heterocycles. The number of carbonyl (C=O) groups is 3. The highest BCUT2D eigenvalue weighted by atomic mass is 16.5. The lowest BCUT2D eigenvalue weighted by atomic mass is 9.92. The lowest BCUT2D eigenvalue weighted by Gasteiger charge is -2.21. The van der Waals surface area contributed by atoms with Crippen molar-refractivity contribution in [2.24, 2.45) is 0 Å². The van der Waals surface area contributed by atoms with Crippen LogP contribution in [0.1, 0.15) is 34.4 Å². The lowest BCUT2D eigenvalue weighted by molar-refractivity contribution is -0.131. The van der Waals surface area contributed by atoms with E-state index in [1.165, 1.54) is 13.2 Å². The highest BCUT2D eigenvalue weighted by molar-refractivity contribution is 6.07. The van der Waals surface area contributed by atoms with Crippen molar-refractivity contribution in [3.8, 4) is 0 Å². The Bertz CT molecular complexity index is 842. The van der Waals surface area contributed by atoms with Gasteiger partial charge in [0.25, 0.3) is 5.91 Å². The largest absolute Gasteiger partial charge is 0.465 e. The van der Waals surface area contributed by atoms with Crippen molar-refractivity contribution in [1.29, 1.82) is 0 Å². The van der Waals surface area contributed by atoms with Crippen LogP contribution in [0.5, 0.6) is 0 Å².